The summed E-state index contributed by atoms with van der Waals surface area (Å²) in [5.41, 5.74) is 1.83. The minimum Gasteiger partial charge on any atom is -0.497 e. The molecular formula is C27H28N2O7S. The molecule has 0 saturated carbocycles. The number of thiazole rings is 1. The first-order valence-corrected chi connectivity index (χ1v) is 12.3. The number of nitrogens with zero attached hydrogens (tertiary/aromatic N) is 2. The maximum atomic E-state index is 13.8. The fraction of sp³-hybridized carbons (Fsp3) is 0.296. The Morgan fingerprint density at radius 2 is 1.73 bits per heavy atom. The van der Waals surface area contributed by atoms with Crippen molar-refractivity contribution in [3.63, 3.8) is 0 Å². The number of benzene rings is 2. The van der Waals surface area contributed by atoms with Gasteiger partial charge in [-0.2, -0.15) is 0 Å². The van der Waals surface area contributed by atoms with Crippen LogP contribution in [-0.2, 0) is 9.53 Å². The minimum absolute atomic E-state index is 0.190. The molecule has 1 aromatic heterocycles. The second kappa shape index (κ2) is 10.9. The molecule has 194 valence electrons. The van der Waals surface area contributed by atoms with Gasteiger partial charge in [-0.25, -0.2) is 9.79 Å². The molecule has 4 rings (SSSR count). The van der Waals surface area contributed by atoms with Gasteiger partial charge in [0.05, 0.1) is 56.9 Å². The summed E-state index contributed by atoms with van der Waals surface area (Å²) in [7, 11) is 6.20. The average molecular weight is 525 g/mol. The summed E-state index contributed by atoms with van der Waals surface area (Å²) >= 11 is 1.23. The molecule has 1 aliphatic heterocycles. The predicted molar refractivity (Wildman–Crippen MR) is 139 cm³/mol. The van der Waals surface area contributed by atoms with E-state index in [9.17, 15) is 9.59 Å². The second-order valence-electron chi connectivity index (χ2n) is 8.02. The van der Waals surface area contributed by atoms with Gasteiger partial charge in [-0.05, 0) is 49.8 Å². The number of aromatic nitrogens is 1. The van der Waals surface area contributed by atoms with E-state index in [2.05, 4.69) is 4.99 Å². The van der Waals surface area contributed by atoms with Crippen molar-refractivity contribution in [3.8, 4) is 23.0 Å². The second-order valence-corrected chi connectivity index (χ2v) is 9.03. The zero-order chi connectivity index (χ0) is 26.7. The first-order chi connectivity index (χ1) is 17.9. The molecule has 2 heterocycles. The Morgan fingerprint density at radius 1 is 1.00 bits per heavy atom. The van der Waals surface area contributed by atoms with Gasteiger partial charge >= 0.3 is 5.97 Å². The molecule has 0 radical (unpaired) electrons. The van der Waals surface area contributed by atoms with E-state index in [1.807, 2.05) is 6.07 Å². The van der Waals surface area contributed by atoms with Gasteiger partial charge in [0.2, 0.25) is 0 Å². The van der Waals surface area contributed by atoms with Crippen LogP contribution in [0.25, 0.3) is 6.08 Å². The van der Waals surface area contributed by atoms with E-state index in [-0.39, 0.29) is 17.7 Å². The van der Waals surface area contributed by atoms with E-state index in [0.29, 0.717) is 49.2 Å². The Hall–Kier alpha value is -4.05. The Morgan fingerprint density at radius 3 is 2.38 bits per heavy atom. The molecule has 37 heavy (non-hydrogen) atoms. The monoisotopic (exact) mass is 524 g/mol. The highest BCUT2D eigenvalue weighted by Crippen LogP contribution is 2.36. The van der Waals surface area contributed by atoms with Crippen LogP contribution < -0.4 is 33.8 Å². The molecule has 0 aliphatic carbocycles. The van der Waals surface area contributed by atoms with Gasteiger partial charge in [-0.3, -0.25) is 9.36 Å². The van der Waals surface area contributed by atoms with Crippen LogP contribution in [0.1, 0.15) is 31.0 Å². The molecule has 3 aromatic rings. The predicted octanol–water partition coefficient (Wildman–Crippen LogP) is 2.83. The number of methoxy groups -OCH3 is 4. The maximum absolute atomic E-state index is 13.8. The molecule has 10 heteroatoms. The number of fused-ring (bicyclic) bond motifs is 1. The Kier molecular flexibility index (Phi) is 7.68. The quantitative estimate of drug-likeness (QED) is 0.418. The van der Waals surface area contributed by atoms with Crippen molar-refractivity contribution in [2.45, 2.75) is 19.9 Å². The SMILES string of the molecule is CCOC(=O)C1=C(C)N=c2sc(=Cc3ccc(OC)cc3OC)c(=O)n2C1c1ccc(OC)c(OC)c1. The molecule has 0 bridgehead atoms. The van der Waals surface area contributed by atoms with Crippen LogP contribution in [0.2, 0.25) is 0 Å². The molecule has 0 amide bonds. The summed E-state index contributed by atoms with van der Waals surface area (Å²) in [5.74, 6) is 1.67. The zero-order valence-corrected chi connectivity index (χ0v) is 22.3. The topological polar surface area (TPSA) is 97.6 Å². The third kappa shape index (κ3) is 4.84. The van der Waals surface area contributed by atoms with Crippen LogP contribution in [0, 0.1) is 0 Å². The van der Waals surface area contributed by atoms with Crippen molar-refractivity contribution >= 4 is 23.4 Å². The fourth-order valence-electron chi connectivity index (χ4n) is 4.21. The van der Waals surface area contributed by atoms with Crippen molar-refractivity contribution < 1.29 is 28.5 Å². The van der Waals surface area contributed by atoms with E-state index in [1.165, 1.54) is 23.0 Å². The largest absolute Gasteiger partial charge is 0.497 e. The van der Waals surface area contributed by atoms with Gasteiger partial charge in [-0.15, -0.1) is 0 Å². The van der Waals surface area contributed by atoms with E-state index in [4.69, 9.17) is 23.7 Å². The van der Waals surface area contributed by atoms with Gasteiger partial charge in [0.15, 0.2) is 16.3 Å². The third-order valence-electron chi connectivity index (χ3n) is 5.97. The number of rotatable bonds is 8. The molecule has 9 nitrogen and oxygen atoms in total. The number of esters is 1. The number of carbonyl (C=O) groups excluding carboxylic acids is 1. The Bertz CT molecular complexity index is 1550. The molecule has 0 fully saturated rings. The van der Waals surface area contributed by atoms with Gasteiger partial charge in [0, 0.05) is 11.6 Å². The lowest BCUT2D eigenvalue weighted by Gasteiger charge is -2.25. The highest BCUT2D eigenvalue weighted by Gasteiger charge is 2.34. The summed E-state index contributed by atoms with van der Waals surface area (Å²) in [5, 5.41) is 0. The van der Waals surface area contributed by atoms with E-state index in [0.717, 1.165) is 0 Å². The van der Waals surface area contributed by atoms with Crippen LogP contribution in [0.4, 0.5) is 0 Å². The molecule has 0 saturated heterocycles. The molecule has 0 spiro atoms. The van der Waals surface area contributed by atoms with Crippen LogP contribution in [0.15, 0.2) is 57.5 Å². The lowest BCUT2D eigenvalue weighted by atomic mass is 9.95. The summed E-state index contributed by atoms with van der Waals surface area (Å²) in [6, 6.07) is 9.88. The Balaban J connectivity index is 1.97. The molecule has 1 unspecified atom stereocenters. The first kappa shape index (κ1) is 26.0. The molecule has 1 atom stereocenters. The minimum atomic E-state index is -0.769. The van der Waals surface area contributed by atoms with Gasteiger partial charge in [-0.1, -0.05) is 17.4 Å². The van der Waals surface area contributed by atoms with Crippen LogP contribution in [0.5, 0.6) is 23.0 Å². The Labute approximate surface area is 217 Å². The highest BCUT2D eigenvalue weighted by atomic mass is 32.1. The van der Waals surface area contributed by atoms with E-state index in [1.54, 1.807) is 71.6 Å². The fourth-order valence-corrected chi connectivity index (χ4v) is 5.25. The summed E-state index contributed by atoms with van der Waals surface area (Å²) in [6.07, 6.45) is 1.75. The number of hydrogen-bond donors (Lipinski definition) is 0. The summed E-state index contributed by atoms with van der Waals surface area (Å²) in [6.45, 7) is 3.66. The lowest BCUT2D eigenvalue weighted by Crippen LogP contribution is -2.40. The van der Waals surface area contributed by atoms with Gasteiger partial charge in [0.1, 0.15) is 11.5 Å². The molecule has 1 aliphatic rings. The summed E-state index contributed by atoms with van der Waals surface area (Å²) in [4.78, 5) is 32.0. The van der Waals surface area contributed by atoms with Crippen molar-refractivity contribution in [1.29, 1.82) is 0 Å². The van der Waals surface area contributed by atoms with Gasteiger partial charge in [0.25, 0.3) is 5.56 Å². The normalized spacial score (nSPS) is 15.1. The molecular weight excluding hydrogens is 496 g/mol. The van der Waals surface area contributed by atoms with Crippen molar-refractivity contribution in [2.75, 3.05) is 35.0 Å². The number of allylic oxidation sites excluding steroid dienone is 1. The van der Waals surface area contributed by atoms with E-state index >= 15 is 0 Å². The lowest BCUT2D eigenvalue weighted by molar-refractivity contribution is -0.139. The number of hydrogen-bond acceptors (Lipinski definition) is 9. The average Bonchev–Trinajstić information content (AvgIpc) is 3.21. The maximum Gasteiger partial charge on any atom is 0.338 e. The van der Waals surface area contributed by atoms with Crippen molar-refractivity contribution in [3.05, 3.63) is 78.5 Å². The zero-order valence-electron chi connectivity index (χ0n) is 21.5. The summed E-state index contributed by atoms with van der Waals surface area (Å²) < 4.78 is 28.9. The standard InChI is InChI=1S/C27H28N2O7S/c1-7-36-26(31)23-15(2)28-27-29(24(23)17-9-11-19(33-4)21(12-17)35-6)25(30)22(37-27)13-16-8-10-18(32-3)14-20(16)34-5/h8-14,24H,7H2,1-6H3. The molecule has 2 aromatic carbocycles. The smallest absolute Gasteiger partial charge is 0.338 e. The van der Waals surface area contributed by atoms with Crippen LogP contribution in [-0.4, -0.2) is 45.6 Å². The van der Waals surface area contributed by atoms with Crippen molar-refractivity contribution in [1.82, 2.24) is 4.57 Å². The first-order valence-electron chi connectivity index (χ1n) is 11.5. The number of ether oxygens (including phenoxy) is 5. The van der Waals surface area contributed by atoms with Gasteiger partial charge < -0.3 is 23.7 Å². The van der Waals surface area contributed by atoms with Crippen LogP contribution in [0.3, 0.4) is 0 Å². The van der Waals surface area contributed by atoms with E-state index < -0.39 is 12.0 Å². The third-order valence-corrected chi connectivity index (χ3v) is 6.95. The van der Waals surface area contributed by atoms with Crippen molar-refractivity contribution in [2.24, 2.45) is 4.99 Å². The number of carbonyl (C=O) groups is 1. The highest BCUT2D eigenvalue weighted by molar-refractivity contribution is 7.07. The molecule has 0 N–H and O–H groups in total. The van der Waals surface area contributed by atoms with Crippen LogP contribution >= 0.6 is 11.3 Å².